The zero-order valence-electron chi connectivity index (χ0n) is 13.3. The predicted molar refractivity (Wildman–Crippen MR) is 91.1 cm³/mol. The molecular weight excluding hydrogens is 317 g/mol. The molecule has 5 heteroatoms. The topological polar surface area (TPSA) is 44.5 Å². The quantitative estimate of drug-likeness (QED) is 0.824. The van der Waals surface area contributed by atoms with E-state index in [1.165, 1.54) is 6.07 Å². The summed E-state index contributed by atoms with van der Waals surface area (Å²) >= 11 is 6.06. The molecule has 0 heterocycles. The zero-order valence-corrected chi connectivity index (χ0v) is 14.1. The molecule has 0 fully saturated rings. The van der Waals surface area contributed by atoms with Gasteiger partial charge in [-0.2, -0.15) is 0 Å². The predicted octanol–water partition coefficient (Wildman–Crippen LogP) is 4.17. The van der Waals surface area contributed by atoms with E-state index < -0.39 is 0 Å². The van der Waals surface area contributed by atoms with E-state index in [2.05, 4.69) is 0 Å². The van der Waals surface area contributed by atoms with Gasteiger partial charge in [0.15, 0.2) is 11.6 Å². The lowest BCUT2D eigenvalue weighted by atomic mass is 9.91. The first-order chi connectivity index (χ1) is 11.1. The summed E-state index contributed by atoms with van der Waals surface area (Å²) < 4.78 is 24.7. The van der Waals surface area contributed by atoms with E-state index in [0.29, 0.717) is 24.6 Å². The van der Waals surface area contributed by atoms with Crippen LogP contribution in [0.15, 0.2) is 36.4 Å². The van der Waals surface area contributed by atoms with Gasteiger partial charge in [0.25, 0.3) is 0 Å². The zero-order chi connectivity index (χ0) is 16.8. The van der Waals surface area contributed by atoms with Crippen LogP contribution in [-0.4, -0.2) is 20.3 Å². The van der Waals surface area contributed by atoms with Crippen molar-refractivity contribution in [3.8, 4) is 11.5 Å². The standard InChI is InChI=1S/C18H21ClFNO2/c1-3-23-18-6-4-12(10-16(18)20)14(11-21)8-13-9-15(19)5-7-17(13)22-2/h4-7,9-10,14H,3,8,11,21H2,1-2H3. The highest BCUT2D eigenvalue weighted by Gasteiger charge is 2.16. The van der Waals surface area contributed by atoms with E-state index in [0.717, 1.165) is 16.9 Å². The van der Waals surface area contributed by atoms with Gasteiger partial charge in [-0.3, -0.25) is 0 Å². The molecule has 0 radical (unpaired) electrons. The molecule has 0 aliphatic heterocycles. The Balaban J connectivity index is 2.27. The summed E-state index contributed by atoms with van der Waals surface area (Å²) in [5.74, 6) is 0.597. The first-order valence-corrected chi connectivity index (χ1v) is 7.91. The fourth-order valence-electron chi connectivity index (χ4n) is 2.55. The highest BCUT2D eigenvalue weighted by atomic mass is 35.5. The lowest BCUT2D eigenvalue weighted by molar-refractivity contribution is 0.321. The maximum atomic E-state index is 14.1. The summed E-state index contributed by atoms with van der Waals surface area (Å²) in [4.78, 5) is 0. The van der Waals surface area contributed by atoms with Gasteiger partial charge in [-0.1, -0.05) is 17.7 Å². The van der Waals surface area contributed by atoms with Gasteiger partial charge in [-0.25, -0.2) is 4.39 Å². The highest BCUT2D eigenvalue weighted by Crippen LogP contribution is 2.30. The minimum absolute atomic E-state index is 0.0347. The van der Waals surface area contributed by atoms with Crippen molar-refractivity contribution in [2.24, 2.45) is 5.73 Å². The molecular formula is C18H21ClFNO2. The van der Waals surface area contributed by atoms with E-state index in [1.807, 2.05) is 25.1 Å². The van der Waals surface area contributed by atoms with Crippen molar-refractivity contribution in [3.63, 3.8) is 0 Å². The smallest absolute Gasteiger partial charge is 0.165 e. The molecule has 2 rings (SSSR count). The number of halogens is 2. The molecule has 0 spiro atoms. The fourth-order valence-corrected chi connectivity index (χ4v) is 2.75. The molecule has 23 heavy (non-hydrogen) atoms. The number of hydrogen-bond acceptors (Lipinski definition) is 3. The Labute approximate surface area is 141 Å². The molecule has 124 valence electrons. The maximum absolute atomic E-state index is 14.1. The molecule has 1 atom stereocenters. The summed E-state index contributed by atoms with van der Waals surface area (Å²) in [6.07, 6.45) is 0.619. The summed E-state index contributed by atoms with van der Waals surface area (Å²) in [6, 6.07) is 10.4. The Morgan fingerprint density at radius 2 is 1.91 bits per heavy atom. The van der Waals surface area contributed by atoms with Gasteiger partial charge in [-0.05, 0) is 61.3 Å². The number of ether oxygens (including phenoxy) is 2. The van der Waals surface area contributed by atoms with Gasteiger partial charge in [0.1, 0.15) is 5.75 Å². The van der Waals surface area contributed by atoms with Crippen LogP contribution in [0.4, 0.5) is 4.39 Å². The molecule has 2 aromatic rings. The monoisotopic (exact) mass is 337 g/mol. The Morgan fingerprint density at radius 3 is 2.52 bits per heavy atom. The second-order valence-electron chi connectivity index (χ2n) is 5.22. The van der Waals surface area contributed by atoms with Crippen LogP contribution >= 0.6 is 11.6 Å². The summed E-state index contributed by atoms with van der Waals surface area (Å²) in [5.41, 5.74) is 7.68. The van der Waals surface area contributed by atoms with Gasteiger partial charge < -0.3 is 15.2 Å². The van der Waals surface area contributed by atoms with Crippen LogP contribution < -0.4 is 15.2 Å². The van der Waals surface area contributed by atoms with E-state index >= 15 is 0 Å². The Hall–Kier alpha value is -1.78. The largest absolute Gasteiger partial charge is 0.496 e. The van der Waals surface area contributed by atoms with Crippen molar-refractivity contribution in [2.45, 2.75) is 19.3 Å². The van der Waals surface area contributed by atoms with E-state index in [9.17, 15) is 4.39 Å². The van der Waals surface area contributed by atoms with Crippen LogP contribution in [0, 0.1) is 5.82 Å². The molecule has 2 N–H and O–H groups in total. The molecule has 2 aromatic carbocycles. The lowest BCUT2D eigenvalue weighted by Crippen LogP contribution is -2.16. The number of methoxy groups -OCH3 is 1. The van der Waals surface area contributed by atoms with Gasteiger partial charge >= 0.3 is 0 Å². The molecule has 0 aliphatic carbocycles. The molecule has 0 saturated carbocycles. The molecule has 0 saturated heterocycles. The molecule has 0 bridgehead atoms. The number of nitrogens with two attached hydrogens (primary N) is 1. The Bertz CT molecular complexity index is 663. The number of hydrogen-bond donors (Lipinski definition) is 1. The van der Waals surface area contributed by atoms with Crippen molar-refractivity contribution in [1.29, 1.82) is 0 Å². The third-order valence-corrected chi connectivity index (χ3v) is 3.96. The molecule has 0 aromatic heterocycles. The van der Waals surface area contributed by atoms with Crippen LogP contribution in [0.3, 0.4) is 0 Å². The summed E-state index contributed by atoms with van der Waals surface area (Å²) in [7, 11) is 1.61. The molecule has 3 nitrogen and oxygen atoms in total. The van der Waals surface area contributed by atoms with Crippen molar-refractivity contribution < 1.29 is 13.9 Å². The van der Waals surface area contributed by atoms with Crippen molar-refractivity contribution in [1.82, 2.24) is 0 Å². The third-order valence-electron chi connectivity index (χ3n) is 3.72. The van der Waals surface area contributed by atoms with Gasteiger partial charge in [-0.15, -0.1) is 0 Å². The molecule has 0 aliphatic rings. The van der Waals surface area contributed by atoms with Crippen molar-refractivity contribution >= 4 is 11.6 Å². The van der Waals surface area contributed by atoms with Crippen LogP contribution in [0.1, 0.15) is 24.0 Å². The second kappa shape index (κ2) is 8.18. The highest BCUT2D eigenvalue weighted by molar-refractivity contribution is 6.30. The average Bonchev–Trinajstić information content (AvgIpc) is 2.55. The van der Waals surface area contributed by atoms with E-state index in [4.69, 9.17) is 26.8 Å². The normalized spacial score (nSPS) is 12.0. The number of rotatable bonds is 7. The Morgan fingerprint density at radius 1 is 1.17 bits per heavy atom. The summed E-state index contributed by atoms with van der Waals surface area (Å²) in [6.45, 7) is 2.64. The fraction of sp³-hybridized carbons (Fsp3) is 0.333. The SMILES string of the molecule is CCOc1ccc(C(CN)Cc2cc(Cl)ccc2OC)cc1F. The molecule has 1 unspecified atom stereocenters. The van der Waals surface area contributed by atoms with Crippen LogP contribution in [0.25, 0.3) is 0 Å². The first kappa shape index (κ1) is 17.6. The van der Waals surface area contributed by atoms with Gasteiger partial charge in [0.05, 0.1) is 13.7 Å². The minimum atomic E-state index is -0.374. The Kier molecular flexibility index (Phi) is 6.25. The van der Waals surface area contributed by atoms with Crippen LogP contribution in [0.2, 0.25) is 5.02 Å². The number of benzene rings is 2. The second-order valence-corrected chi connectivity index (χ2v) is 5.65. The summed E-state index contributed by atoms with van der Waals surface area (Å²) in [5, 5.41) is 0.634. The van der Waals surface area contributed by atoms with Gasteiger partial charge in [0, 0.05) is 10.9 Å². The van der Waals surface area contributed by atoms with Crippen molar-refractivity contribution in [2.75, 3.05) is 20.3 Å². The van der Waals surface area contributed by atoms with Gasteiger partial charge in [0.2, 0.25) is 0 Å². The van der Waals surface area contributed by atoms with E-state index in [-0.39, 0.29) is 17.5 Å². The van der Waals surface area contributed by atoms with Crippen molar-refractivity contribution in [3.05, 3.63) is 58.4 Å². The first-order valence-electron chi connectivity index (χ1n) is 7.53. The van der Waals surface area contributed by atoms with E-state index in [1.54, 1.807) is 19.2 Å². The average molecular weight is 338 g/mol. The lowest BCUT2D eigenvalue weighted by Gasteiger charge is -2.18. The third kappa shape index (κ3) is 4.36. The molecule has 0 amide bonds. The maximum Gasteiger partial charge on any atom is 0.165 e. The van der Waals surface area contributed by atoms with Crippen LogP contribution in [0.5, 0.6) is 11.5 Å². The minimum Gasteiger partial charge on any atom is -0.496 e. The van der Waals surface area contributed by atoms with Crippen LogP contribution in [-0.2, 0) is 6.42 Å².